The first-order chi connectivity index (χ1) is 14.1. The Kier molecular flexibility index (Phi) is 7.29. The summed E-state index contributed by atoms with van der Waals surface area (Å²) in [5, 5.41) is 5.93. The van der Waals surface area contributed by atoms with Gasteiger partial charge in [0.05, 0.1) is 0 Å². The van der Waals surface area contributed by atoms with Crippen molar-refractivity contribution in [3.63, 3.8) is 0 Å². The molecule has 2 aromatic rings. The zero-order chi connectivity index (χ0) is 22.4. The van der Waals surface area contributed by atoms with Crippen molar-refractivity contribution >= 4 is 40.9 Å². The molecule has 160 valence electrons. The summed E-state index contributed by atoms with van der Waals surface area (Å²) in [6.07, 6.45) is 1.79. The molecule has 1 atom stereocenters. The van der Waals surface area contributed by atoms with Gasteiger partial charge in [0.25, 0.3) is 5.91 Å². The van der Waals surface area contributed by atoms with Gasteiger partial charge in [-0.25, -0.2) is 4.98 Å². The van der Waals surface area contributed by atoms with E-state index in [9.17, 15) is 14.4 Å². The number of aromatic nitrogens is 2. The second-order valence-corrected chi connectivity index (χ2v) is 7.30. The minimum Gasteiger partial charge on any atom is -0.368 e. The van der Waals surface area contributed by atoms with Crippen molar-refractivity contribution < 1.29 is 14.4 Å². The molecule has 6 N–H and O–H groups in total. The maximum atomic E-state index is 11.8. The third-order valence-corrected chi connectivity index (χ3v) is 4.40. The molecule has 10 nitrogen and oxygen atoms in total. The lowest BCUT2D eigenvalue weighted by atomic mass is 10.0. The first-order valence-corrected chi connectivity index (χ1v) is 9.42. The number of amides is 3. The van der Waals surface area contributed by atoms with Gasteiger partial charge in [0.1, 0.15) is 17.4 Å². The third kappa shape index (κ3) is 5.90. The number of hydrogen-bond acceptors (Lipinski definition) is 7. The maximum Gasteiger partial charge on any atom is 0.254 e. The van der Waals surface area contributed by atoms with Crippen LogP contribution in [0.5, 0.6) is 0 Å². The molecular formula is C20H27N7O3. The van der Waals surface area contributed by atoms with Crippen molar-refractivity contribution in [2.75, 3.05) is 22.6 Å². The van der Waals surface area contributed by atoms with E-state index in [1.807, 2.05) is 13.8 Å². The van der Waals surface area contributed by atoms with E-state index >= 15 is 0 Å². The molecule has 1 unspecified atom stereocenters. The molecule has 0 aliphatic heterocycles. The summed E-state index contributed by atoms with van der Waals surface area (Å²) in [5.74, 6) is -0.773. The monoisotopic (exact) mass is 413 g/mol. The predicted molar refractivity (Wildman–Crippen MR) is 115 cm³/mol. The molecule has 0 bridgehead atoms. The van der Waals surface area contributed by atoms with Crippen molar-refractivity contribution in [2.24, 2.45) is 17.4 Å². The Morgan fingerprint density at radius 2 is 1.77 bits per heavy atom. The second kappa shape index (κ2) is 9.68. The average Bonchev–Trinajstić information content (AvgIpc) is 2.67. The number of primary amides is 2. The molecule has 0 saturated carbocycles. The molecule has 0 radical (unpaired) electrons. The Labute approximate surface area is 175 Å². The fraction of sp³-hybridized carbons (Fsp3) is 0.350. The normalized spacial score (nSPS) is 11.6. The van der Waals surface area contributed by atoms with Crippen LogP contribution in [0.2, 0.25) is 0 Å². The number of benzene rings is 1. The Morgan fingerprint density at radius 3 is 2.27 bits per heavy atom. The van der Waals surface area contributed by atoms with E-state index in [-0.39, 0.29) is 29.2 Å². The van der Waals surface area contributed by atoms with Gasteiger partial charge in [-0.15, -0.1) is 0 Å². The molecule has 0 fully saturated rings. The lowest BCUT2D eigenvalue weighted by Gasteiger charge is -2.18. The fourth-order valence-electron chi connectivity index (χ4n) is 2.69. The van der Waals surface area contributed by atoms with Gasteiger partial charge in [-0.3, -0.25) is 14.4 Å². The van der Waals surface area contributed by atoms with Crippen LogP contribution in [0.3, 0.4) is 0 Å². The molecule has 0 aliphatic rings. The number of nitrogens with two attached hydrogens (primary N) is 2. The van der Waals surface area contributed by atoms with Gasteiger partial charge in [0.2, 0.25) is 17.8 Å². The van der Waals surface area contributed by atoms with E-state index in [0.717, 1.165) is 0 Å². The standard InChI is InChI=1S/C20H27N7O3/c1-11(2)9-16(18(22)30)25-20-23-10-15(17(21)29)19(26-20)24-13-5-7-14(8-6-13)27(4)12(3)28/h5-8,10-11,16H,9H2,1-4H3,(H2,21,29)(H2,22,30)(H2,23,24,25,26). The van der Waals surface area contributed by atoms with Crippen LogP contribution in [0.4, 0.5) is 23.1 Å². The van der Waals surface area contributed by atoms with E-state index in [1.54, 1.807) is 31.3 Å². The SMILES string of the molecule is CC(=O)N(C)c1ccc(Nc2nc(NC(CC(C)C)C(N)=O)ncc2C(N)=O)cc1. The molecule has 10 heteroatoms. The average molecular weight is 413 g/mol. The summed E-state index contributed by atoms with van der Waals surface area (Å²) in [6.45, 7) is 5.41. The highest BCUT2D eigenvalue weighted by Crippen LogP contribution is 2.23. The minimum absolute atomic E-state index is 0.0879. The zero-order valence-corrected chi connectivity index (χ0v) is 17.5. The van der Waals surface area contributed by atoms with Crippen LogP contribution in [0.1, 0.15) is 37.6 Å². The van der Waals surface area contributed by atoms with Crippen molar-refractivity contribution in [3.05, 3.63) is 36.0 Å². The molecule has 0 saturated heterocycles. The van der Waals surface area contributed by atoms with Crippen LogP contribution < -0.4 is 27.0 Å². The Bertz CT molecular complexity index is 928. The molecule has 1 heterocycles. The van der Waals surface area contributed by atoms with Crippen molar-refractivity contribution in [1.29, 1.82) is 0 Å². The van der Waals surface area contributed by atoms with Crippen LogP contribution in [0.15, 0.2) is 30.5 Å². The van der Waals surface area contributed by atoms with Gasteiger partial charge >= 0.3 is 0 Å². The predicted octanol–water partition coefficient (Wildman–Crippen LogP) is 1.61. The first-order valence-electron chi connectivity index (χ1n) is 9.42. The van der Waals surface area contributed by atoms with E-state index in [1.165, 1.54) is 18.0 Å². The molecule has 1 aromatic carbocycles. The number of carbonyl (C=O) groups is 3. The highest BCUT2D eigenvalue weighted by molar-refractivity contribution is 5.98. The van der Waals surface area contributed by atoms with Gasteiger partial charge in [0, 0.05) is 31.5 Å². The summed E-state index contributed by atoms with van der Waals surface area (Å²) in [4.78, 5) is 44.9. The van der Waals surface area contributed by atoms with E-state index in [2.05, 4.69) is 20.6 Å². The largest absolute Gasteiger partial charge is 0.368 e. The highest BCUT2D eigenvalue weighted by Gasteiger charge is 2.20. The lowest BCUT2D eigenvalue weighted by Crippen LogP contribution is -2.37. The Balaban J connectivity index is 2.29. The van der Waals surface area contributed by atoms with Gasteiger partial charge in [-0.1, -0.05) is 13.8 Å². The Hall–Kier alpha value is -3.69. The number of carbonyl (C=O) groups excluding carboxylic acids is 3. The van der Waals surface area contributed by atoms with Crippen molar-refractivity contribution in [2.45, 2.75) is 33.2 Å². The first kappa shape index (κ1) is 22.6. The van der Waals surface area contributed by atoms with Crippen LogP contribution >= 0.6 is 0 Å². The summed E-state index contributed by atoms with van der Waals surface area (Å²) < 4.78 is 0. The molecule has 3 amide bonds. The molecule has 0 spiro atoms. The quantitative estimate of drug-likeness (QED) is 0.486. The zero-order valence-electron chi connectivity index (χ0n) is 17.5. The molecule has 0 aliphatic carbocycles. The van der Waals surface area contributed by atoms with Crippen LogP contribution in [0, 0.1) is 5.92 Å². The van der Waals surface area contributed by atoms with E-state index in [4.69, 9.17) is 11.5 Å². The van der Waals surface area contributed by atoms with E-state index in [0.29, 0.717) is 17.8 Å². The maximum absolute atomic E-state index is 11.8. The minimum atomic E-state index is -0.703. The molecule has 1 aromatic heterocycles. The molecule has 30 heavy (non-hydrogen) atoms. The summed E-state index contributed by atoms with van der Waals surface area (Å²) >= 11 is 0. The van der Waals surface area contributed by atoms with Crippen LogP contribution in [0.25, 0.3) is 0 Å². The number of rotatable bonds is 9. The fourth-order valence-corrected chi connectivity index (χ4v) is 2.69. The molecule has 2 rings (SSSR count). The van der Waals surface area contributed by atoms with Gasteiger partial charge in [0.15, 0.2) is 0 Å². The topological polar surface area (TPSA) is 156 Å². The van der Waals surface area contributed by atoms with Gasteiger partial charge < -0.3 is 27.0 Å². The Morgan fingerprint density at radius 1 is 1.13 bits per heavy atom. The van der Waals surface area contributed by atoms with Gasteiger partial charge in [-0.2, -0.15) is 4.98 Å². The number of hydrogen-bond donors (Lipinski definition) is 4. The third-order valence-electron chi connectivity index (χ3n) is 4.40. The smallest absolute Gasteiger partial charge is 0.254 e. The number of anilines is 4. The summed E-state index contributed by atoms with van der Waals surface area (Å²) in [7, 11) is 1.67. The second-order valence-electron chi connectivity index (χ2n) is 7.30. The number of nitrogens with one attached hydrogen (secondary N) is 2. The van der Waals surface area contributed by atoms with Crippen LogP contribution in [-0.4, -0.2) is 40.8 Å². The van der Waals surface area contributed by atoms with Crippen LogP contribution in [-0.2, 0) is 9.59 Å². The number of nitrogens with zero attached hydrogens (tertiary/aromatic N) is 3. The lowest BCUT2D eigenvalue weighted by molar-refractivity contribution is -0.119. The van der Waals surface area contributed by atoms with E-state index < -0.39 is 17.9 Å². The van der Waals surface area contributed by atoms with Crippen molar-refractivity contribution in [3.8, 4) is 0 Å². The summed E-state index contributed by atoms with van der Waals surface area (Å²) in [6, 6.07) is 6.32. The van der Waals surface area contributed by atoms with Crippen molar-refractivity contribution in [1.82, 2.24) is 9.97 Å². The highest BCUT2D eigenvalue weighted by atomic mass is 16.2. The summed E-state index contributed by atoms with van der Waals surface area (Å²) in [5.41, 5.74) is 12.3. The molecular weight excluding hydrogens is 386 g/mol. The van der Waals surface area contributed by atoms with Gasteiger partial charge in [-0.05, 0) is 36.6 Å².